The normalized spacial score (nSPS) is 29.6. The molecule has 138 valence electrons. The van der Waals surface area contributed by atoms with Gasteiger partial charge in [0.25, 0.3) is 5.91 Å². The van der Waals surface area contributed by atoms with Crippen molar-refractivity contribution in [3.63, 3.8) is 0 Å². The highest BCUT2D eigenvalue weighted by Crippen LogP contribution is 2.39. The number of amides is 1. The molecule has 3 heterocycles. The lowest BCUT2D eigenvalue weighted by atomic mass is 9.80. The van der Waals surface area contributed by atoms with Crippen LogP contribution in [0.5, 0.6) is 0 Å². The summed E-state index contributed by atoms with van der Waals surface area (Å²) in [6, 6.07) is 0. The maximum atomic E-state index is 14.6. The molecule has 0 radical (unpaired) electrons. The standard InChI is InChI=1S/C18H26FN3O2S/c1-14-20-15(11-25-14)10-21-7-3-4-17(12-21)13-22(8-9-24-17)16(23)18(19)5-2-6-18/h11H,2-10,12-13H2,1H3. The molecule has 1 saturated carbocycles. The highest BCUT2D eigenvalue weighted by Gasteiger charge is 2.50. The van der Waals surface area contributed by atoms with Gasteiger partial charge in [0.2, 0.25) is 0 Å². The highest BCUT2D eigenvalue weighted by atomic mass is 32.1. The topological polar surface area (TPSA) is 45.7 Å². The number of alkyl halides is 1. The van der Waals surface area contributed by atoms with Crippen molar-refractivity contribution in [2.75, 3.05) is 32.8 Å². The summed E-state index contributed by atoms with van der Waals surface area (Å²) in [5.74, 6) is -0.311. The Bertz CT molecular complexity index is 644. The molecule has 4 rings (SSSR count). The van der Waals surface area contributed by atoms with E-state index in [4.69, 9.17) is 4.74 Å². The minimum absolute atomic E-state index is 0.311. The number of hydrogen-bond acceptors (Lipinski definition) is 5. The number of aryl methyl sites for hydroxylation is 1. The van der Waals surface area contributed by atoms with Gasteiger partial charge in [-0.1, -0.05) is 0 Å². The number of halogens is 1. The predicted octanol–water partition coefficient (Wildman–Crippen LogP) is 2.54. The van der Waals surface area contributed by atoms with E-state index in [9.17, 15) is 9.18 Å². The molecule has 0 aromatic carbocycles. The van der Waals surface area contributed by atoms with Gasteiger partial charge in [-0.15, -0.1) is 11.3 Å². The van der Waals surface area contributed by atoms with Crippen LogP contribution in [0, 0.1) is 6.92 Å². The van der Waals surface area contributed by atoms with Crippen molar-refractivity contribution in [2.24, 2.45) is 0 Å². The van der Waals surface area contributed by atoms with Crippen molar-refractivity contribution in [2.45, 2.75) is 56.8 Å². The first-order valence-corrected chi connectivity index (χ1v) is 10.1. The van der Waals surface area contributed by atoms with Gasteiger partial charge < -0.3 is 9.64 Å². The number of hydrogen-bond donors (Lipinski definition) is 0. The summed E-state index contributed by atoms with van der Waals surface area (Å²) in [5, 5.41) is 3.19. The third-order valence-electron chi connectivity index (χ3n) is 5.74. The van der Waals surface area contributed by atoms with E-state index in [-0.39, 0.29) is 11.5 Å². The van der Waals surface area contributed by atoms with Crippen LogP contribution in [-0.2, 0) is 16.1 Å². The van der Waals surface area contributed by atoms with E-state index in [1.54, 1.807) is 16.2 Å². The van der Waals surface area contributed by atoms with Crippen molar-refractivity contribution in [3.05, 3.63) is 16.1 Å². The largest absolute Gasteiger partial charge is 0.370 e. The number of carbonyl (C=O) groups is 1. The van der Waals surface area contributed by atoms with Crippen molar-refractivity contribution in [1.29, 1.82) is 0 Å². The molecule has 1 aliphatic carbocycles. The molecule has 1 aromatic rings. The fourth-order valence-electron chi connectivity index (χ4n) is 4.28. The SMILES string of the molecule is Cc1nc(CN2CCCC3(C2)CN(C(=O)C2(F)CCC2)CCO3)cs1. The molecule has 0 N–H and O–H groups in total. The summed E-state index contributed by atoms with van der Waals surface area (Å²) < 4.78 is 20.7. The van der Waals surface area contributed by atoms with Crippen LogP contribution in [0.1, 0.15) is 42.8 Å². The zero-order valence-electron chi connectivity index (χ0n) is 14.8. The average Bonchev–Trinajstić information content (AvgIpc) is 2.97. The zero-order chi connectivity index (χ0) is 17.5. The second-order valence-electron chi connectivity index (χ2n) is 7.75. The minimum Gasteiger partial charge on any atom is -0.370 e. The fourth-order valence-corrected chi connectivity index (χ4v) is 4.89. The van der Waals surface area contributed by atoms with Gasteiger partial charge >= 0.3 is 0 Å². The van der Waals surface area contributed by atoms with Crippen LogP contribution in [0.4, 0.5) is 4.39 Å². The Labute approximate surface area is 152 Å². The van der Waals surface area contributed by atoms with E-state index in [1.165, 1.54) is 0 Å². The molecular formula is C18H26FN3O2S. The van der Waals surface area contributed by atoms with Crippen LogP contribution >= 0.6 is 11.3 Å². The van der Waals surface area contributed by atoms with Gasteiger partial charge in [-0.05, 0) is 45.6 Å². The predicted molar refractivity (Wildman–Crippen MR) is 94.3 cm³/mol. The Morgan fingerprint density at radius 2 is 2.16 bits per heavy atom. The molecule has 5 nitrogen and oxygen atoms in total. The molecule has 2 aliphatic heterocycles. The number of nitrogens with zero attached hydrogens (tertiary/aromatic N) is 3. The molecule has 1 atom stereocenters. The number of morpholine rings is 1. The van der Waals surface area contributed by atoms with E-state index < -0.39 is 5.67 Å². The van der Waals surface area contributed by atoms with Gasteiger partial charge in [-0.3, -0.25) is 9.69 Å². The van der Waals surface area contributed by atoms with Crippen LogP contribution in [-0.4, -0.2) is 64.7 Å². The Morgan fingerprint density at radius 3 is 2.84 bits per heavy atom. The summed E-state index contributed by atoms with van der Waals surface area (Å²) in [5.41, 5.74) is -0.858. The Hall–Kier alpha value is -1.05. The summed E-state index contributed by atoms with van der Waals surface area (Å²) in [6.07, 6.45) is 3.55. The maximum Gasteiger partial charge on any atom is 0.260 e. The van der Waals surface area contributed by atoms with Crippen LogP contribution < -0.4 is 0 Å². The molecule has 2 saturated heterocycles. The Kier molecular flexibility index (Phi) is 4.58. The van der Waals surface area contributed by atoms with E-state index >= 15 is 0 Å². The van der Waals surface area contributed by atoms with E-state index in [0.717, 1.165) is 49.6 Å². The van der Waals surface area contributed by atoms with Crippen LogP contribution in [0.25, 0.3) is 0 Å². The molecule has 1 spiro atoms. The van der Waals surface area contributed by atoms with Gasteiger partial charge in [0.1, 0.15) is 0 Å². The summed E-state index contributed by atoms with van der Waals surface area (Å²) in [6.45, 7) is 6.17. The number of likely N-dealkylation sites (tertiary alicyclic amines) is 1. The lowest BCUT2D eigenvalue weighted by Gasteiger charge is -2.49. The molecule has 3 fully saturated rings. The van der Waals surface area contributed by atoms with E-state index in [1.807, 2.05) is 6.92 Å². The quantitative estimate of drug-likeness (QED) is 0.824. The third kappa shape index (κ3) is 3.46. The molecule has 0 bridgehead atoms. The smallest absolute Gasteiger partial charge is 0.260 e. The highest BCUT2D eigenvalue weighted by molar-refractivity contribution is 7.09. The number of aromatic nitrogens is 1. The fraction of sp³-hybridized carbons (Fsp3) is 0.778. The second kappa shape index (κ2) is 6.59. The number of piperidine rings is 1. The number of thiazole rings is 1. The molecule has 7 heteroatoms. The lowest BCUT2D eigenvalue weighted by Crippen LogP contribution is -2.63. The molecule has 1 amide bonds. The first-order chi connectivity index (χ1) is 12.0. The van der Waals surface area contributed by atoms with Crippen LogP contribution in [0.3, 0.4) is 0 Å². The van der Waals surface area contributed by atoms with Gasteiger partial charge in [0, 0.05) is 25.0 Å². The van der Waals surface area contributed by atoms with Crippen molar-refractivity contribution in [1.82, 2.24) is 14.8 Å². The molecule has 25 heavy (non-hydrogen) atoms. The van der Waals surface area contributed by atoms with E-state index in [0.29, 0.717) is 32.5 Å². The summed E-state index contributed by atoms with van der Waals surface area (Å²) >= 11 is 1.67. The van der Waals surface area contributed by atoms with E-state index in [2.05, 4.69) is 15.3 Å². The van der Waals surface area contributed by atoms with Crippen molar-refractivity contribution >= 4 is 17.2 Å². The van der Waals surface area contributed by atoms with Gasteiger partial charge in [0.05, 0.1) is 29.5 Å². The average molecular weight is 367 g/mol. The minimum atomic E-state index is -1.61. The number of ether oxygens (including phenoxy) is 1. The molecule has 1 unspecified atom stereocenters. The van der Waals surface area contributed by atoms with Crippen molar-refractivity contribution in [3.8, 4) is 0 Å². The number of rotatable bonds is 3. The molecule has 3 aliphatic rings. The first-order valence-electron chi connectivity index (χ1n) is 9.24. The van der Waals surface area contributed by atoms with Gasteiger partial charge in [-0.2, -0.15) is 0 Å². The second-order valence-corrected chi connectivity index (χ2v) is 8.81. The van der Waals surface area contributed by atoms with Gasteiger partial charge in [-0.25, -0.2) is 9.37 Å². The Balaban J connectivity index is 1.42. The summed E-state index contributed by atoms with van der Waals surface area (Å²) in [4.78, 5) is 21.2. The lowest BCUT2D eigenvalue weighted by molar-refractivity contribution is -0.174. The number of carbonyl (C=O) groups excluding carboxylic acids is 1. The monoisotopic (exact) mass is 367 g/mol. The third-order valence-corrected chi connectivity index (χ3v) is 6.56. The van der Waals surface area contributed by atoms with Gasteiger partial charge in [0.15, 0.2) is 5.67 Å². The molecular weight excluding hydrogens is 341 g/mol. The molecule has 1 aromatic heterocycles. The first kappa shape index (κ1) is 17.4. The van der Waals surface area contributed by atoms with Crippen LogP contribution in [0.2, 0.25) is 0 Å². The zero-order valence-corrected chi connectivity index (χ0v) is 15.6. The van der Waals surface area contributed by atoms with Crippen LogP contribution in [0.15, 0.2) is 5.38 Å². The Morgan fingerprint density at radius 1 is 1.32 bits per heavy atom. The van der Waals surface area contributed by atoms with Crippen molar-refractivity contribution < 1.29 is 13.9 Å². The summed E-state index contributed by atoms with van der Waals surface area (Å²) in [7, 11) is 0. The maximum absolute atomic E-state index is 14.6.